The number of benzene rings is 1. The summed E-state index contributed by atoms with van der Waals surface area (Å²) in [6.07, 6.45) is 0. The summed E-state index contributed by atoms with van der Waals surface area (Å²) in [4.78, 5) is 19.5. The molecular formula is C8H8N2O7. The van der Waals surface area contributed by atoms with Gasteiger partial charge in [0, 0.05) is 0 Å². The zero-order valence-electron chi connectivity index (χ0n) is 8.61. The van der Waals surface area contributed by atoms with E-state index in [-0.39, 0.29) is 0 Å². The van der Waals surface area contributed by atoms with Crippen LogP contribution < -0.4 is 4.74 Å². The highest BCUT2D eigenvalue weighted by Gasteiger charge is 2.32. The van der Waals surface area contributed by atoms with E-state index in [1.54, 1.807) is 0 Å². The highest BCUT2D eigenvalue weighted by atomic mass is 16.6. The lowest BCUT2D eigenvalue weighted by Crippen LogP contribution is -2.03. The van der Waals surface area contributed by atoms with Crippen molar-refractivity contribution in [3.05, 3.63) is 31.9 Å². The molecule has 9 nitrogen and oxygen atoms in total. The predicted octanol–water partition coefficient (Wildman–Crippen LogP) is 0.709. The smallest absolute Gasteiger partial charge is 0.327 e. The molecule has 2 N–H and O–H groups in total. The molecule has 0 spiro atoms. The van der Waals surface area contributed by atoms with Crippen LogP contribution in [-0.2, 0) is 6.61 Å². The lowest BCUT2D eigenvalue weighted by Gasteiger charge is -2.07. The molecule has 0 amide bonds. The Kier molecular flexibility index (Phi) is 3.43. The van der Waals surface area contributed by atoms with Crippen LogP contribution in [0.25, 0.3) is 0 Å². The Hall–Kier alpha value is -2.42. The molecule has 1 aromatic carbocycles. The van der Waals surface area contributed by atoms with Crippen molar-refractivity contribution in [1.29, 1.82) is 0 Å². The highest BCUT2D eigenvalue weighted by molar-refractivity contribution is 5.67. The molecule has 0 fully saturated rings. The number of hydrogen-bond acceptors (Lipinski definition) is 7. The van der Waals surface area contributed by atoms with E-state index < -0.39 is 44.9 Å². The summed E-state index contributed by atoms with van der Waals surface area (Å²) in [6, 6.07) is 0.813. The first-order chi connectivity index (χ1) is 7.93. The quantitative estimate of drug-likeness (QED) is 0.587. The Morgan fingerprint density at radius 3 is 2.29 bits per heavy atom. The van der Waals surface area contributed by atoms with Crippen LogP contribution >= 0.6 is 0 Å². The monoisotopic (exact) mass is 244 g/mol. The standard InChI is InChI=1S/C8H8N2O7/c1-17-6-2-5(9(13)14)4(3-11)7(8(6)12)10(15)16/h2,11-12H,3H2,1H3. The molecule has 0 saturated carbocycles. The summed E-state index contributed by atoms with van der Waals surface area (Å²) in [7, 11) is 1.10. The normalized spacial score (nSPS) is 10.0. The SMILES string of the molecule is COc1cc([N+](=O)[O-])c(CO)c([N+](=O)[O-])c1O. The highest BCUT2D eigenvalue weighted by Crippen LogP contribution is 2.43. The van der Waals surface area contributed by atoms with Crippen molar-refractivity contribution in [3.63, 3.8) is 0 Å². The fourth-order valence-electron chi connectivity index (χ4n) is 1.33. The minimum absolute atomic E-state index is 0.402. The summed E-state index contributed by atoms with van der Waals surface area (Å²) in [5.74, 6) is -1.26. The van der Waals surface area contributed by atoms with Crippen LogP contribution in [0.1, 0.15) is 5.56 Å². The van der Waals surface area contributed by atoms with Crippen molar-refractivity contribution in [2.75, 3.05) is 7.11 Å². The number of aliphatic hydroxyl groups excluding tert-OH is 1. The van der Waals surface area contributed by atoms with Gasteiger partial charge in [0.15, 0.2) is 5.75 Å². The summed E-state index contributed by atoms with van der Waals surface area (Å²) < 4.78 is 4.59. The molecule has 0 atom stereocenters. The van der Waals surface area contributed by atoms with Crippen molar-refractivity contribution in [2.45, 2.75) is 6.61 Å². The number of rotatable bonds is 4. The number of nitrogens with zero attached hydrogens (tertiary/aromatic N) is 2. The predicted molar refractivity (Wildman–Crippen MR) is 53.9 cm³/mol. The molecule has 0 aliphatic rings. The van der Waals surface area contributed by atoms with E-state index in [1.807, 2.05) is 0 Å². The summed E-state index contributed by atoms with van der Waals surface area (Å²) in [5, 5.41) is 39.8. The van der Waals surface area contributed by atoms with Gasteiger partial charge in [-0.3, -0.25) is 20.2 Å². The van der Waals surface area contributed by atoms with Crippen LogP contribution in [-0.4, -0.2) is 27.2 Å². The lowest BCUT2D eigenvalue weighted by molar-refractivity contribution is -0.396. The second-order valence-corrected chi connectivity index (χ2v) is 2.95. The number of aliphatic hydroxyl groups is 1. The fraction of sp³-hybridized carbons (Fsp3) is 0.250. The molecule has 0 bridgehead atoms. The minimum atomic E-state index is -1.02. The van der Waals surface area contributed by atoms with Gasteiger partial charge in [-0.25, -0.2) is 0 Å². The maximum Gasteiger partial charge on any atom is 0.327 e. The third-order valence-electron chi connectivity index (χ3n) is 2.08. The molecule has 0 aliphatic carbocycles. The number of nitro benzene ring substituents is 2. The average molecular weight is 244 g/mol. The second-order valence-electron chi connectivity index (χ2n) is 2.95. The second kappa shape index (κ2) is 4.61. The summed E-state index contributed by atoms with van der Waals surface area (Å²) in [5.41, 5.74) is -2.19. The van der Waals surface area contributed by atoms with Crippen molar-refractivity contribution in [3.8, 4) is 11.5 Å². The van der Waals surface area contributed by atoms with Crippen LogP contribution in [0.2, 0.25) is 0 Å². The van der Waals surface area contributed by atoms with E-state index in [1.165, 1.54) is 0 Å². The molecule has 1 rings (SSSR count). The number of phenols is 1. The van der Waals surface area contributed by atoms with Crippen molar-refractivity contribution >= 4 is 11.4 Å². The number of methoxy groups -OCH3 is 1. The van der Waals surface area contributed by atoms with Gasteiger partial charge in [-0.05, 0) is 0 Å². The number of aromatic hydroxyl groups is 1. The Morgan fingerprint density at radius 2 is 1.94 bits per heavy atom. The van der Waals surface area contributed by atoms with Gasteiger partial charge >= 0.3 is 5.69 Å². The summed E-state index contributed by atoms with van der Waals surface area (Å²) >= 11 is 0. The van der Waals surface area contributed by atoms with Gasteiger partial charge in [-0.15, -0.1) is 0 Å². The molecule has 1 aromatic rings. The maximum absolute atomic E-state index is 10.7. The number of nitro groups is 2. The van der Waals surface area contributed by atoms with Gasteiger partial charge in [-0.2, -0.15) is 0 Å². The molecule has 0 saturated heterocycles. The van der Waals surface area contributed by atoms with Crippen LogP contribution in [0.5, 0.6) is 11.5 Å². The van der Waals surface area contributed by atoms with Crippen LogP contribution in [0.4, 0.5) is 11.4 Å². The topological polar surface area (TPSA) is 136 Å². The van der Waals surface area contributed by atoms with Crippen molar-refractivity contribution in [1.82, 2.24) is 0 Å². The molecule has 9 heteroatoms. The van der Waals surface area contributed by atoms with Crippen LogP contribution in [0.3, 0.4) is 0 Å². The molecular weight excluding hydrogens is 236 g/mol. The first-order valence-electron chi connectivity index (χ1n) is 4.26. The van der Waals surface area contributed by atoms with Gasteiger partial charge < -0.3 is 14.9 Å². The number of hydrogen-bond donors (Lipinski definition) is 2. The van der Waals surface area contributed by atoms with E-state index >= 15 is 0 Å². The lowest BCUT2D eigenvalue weighted by atomic mass is 10.1. The number of phenolic OH excluding ortho intramolecular Hbond substituents is 1. The zero-order chi connectivity index (χ0) is 13.2. The number of ether oxygens (including phenoxy) is 1. The zero-order valence-corrected chi connectivity index (χ0v) is 8.61. The minimum Gasteiger partial charge on any atom is -0.500 e. The molecule has 0 aliphatic heterocycles. The van der Waals surface area contributed by atoms with Crippen molar-refractivity contribution in [2.24, 2.45) is 0 Å². The van der Waals surface area contributed by atoms with E-state index in [9.17, 15) is 25.3 Å². The summed E-state index contributed by atoms with van der Waals surface area (Å²) in [6.45, 7) is -0.940. The van der Waals surface area contributed by atoms with Crippen molar-refractivity contribution < 1.29 is 24.8 Å². The Balaban J connectivity index is 3.70. The molecule has 92 valence electrons. The maximum atomic E-state index is 10.7. The fourth-order valence-corrected chi connectivity index (χ4v) is 1.33. The van der Waals surface area contributed by atoms with E-state index in [4.69, 9.17) is 5.11 Å². The molecule has 0 heterocycles. The van der Waals surface area contributed by atoms with E-state index in [0.29, 0.717) is 0 Å². The van der Waals surface area contributed by atoms with Crippen LogP contribution in [0.15, 0.2) is 6.07 Å². The van der Waals surface area contributed by atoms with Gasteiger partial charge in [0.05, 0.1) is 29.6 Å². The third-order valence-corrected chi connectivity index (χ3v) is 2.08. The Labute approximate surface area is 94.2 Å². The molecule has 0 unspecified atom stereocenters. The van der Waals surface area contributed by atoms with E-state index in [0.717, 1.165) is 13.2 Å². The first-order valence-corrected chi connectivity index (χ1v) is 4.26. The van der Waals surface area contributed by atoms with Gasteiger partial charge in [0.1, 0.15) is 5.56 Å². The average Bonchev–Trinajstić information content (AvgIpc) is 2.27. The van der Waals surface area contributed by atoms with Gasteiger partial charge in [-0.1, -0.05) is 0 Å². The largest absolute Gasteiger partial charge is 0.500 e. The van der Waals surface area contributed by atoms with Crippen LogP contribution in [0, 0.1) is 20.2 Å². The third kappa shape index (κ3) is 2.08. The molecule has 0 radical (unpaired) electrons. The van der Waals surface area contributed by atoms with Gasteiger partial charge in [0.2, 0.25) is 5.75 Å². The molecule has 17 heavy (non-hydrogen) atoms. The molecule has 0 aromatic heterocycles. The Bertz CT molecular complexity index is 485. The first kappa shape index (κ1) is 12.6. The Morgan fingerprint density at radius 1 is 1.35 bits per heavy atom. The van der Waals surface area contributed by atoms with E-state index in [2.05, 4.69) is 4.74 Å². The van der Waals surface area contributed by atoms with Gasteiger partial charge in [0.25, 0.3) is 5.69 Å².